The molecular weight excluding hydrogens is 459 g/mol. The Bertz CT molecular complexity index is 1850. The Hall–Kier alpha value is -4.03. The minimum Gasteiger partial charge on any atom is -0.488 e. The monoisotopic (exact) mass is 480 g/mol. The van der Waals surface area contributed by atoms with E-state index < -0.39 is 0 Å². The summed E-state index contributed by atoms with van der Waals surface area (Å²) in [4.78, 5) is 18.9. The first-order chi connectivity index (χ1) is 17.0. The predicted octanol–water partition coefficient (Wildman–Crippen LogP) is 5.95. The minimum absolute atomic E-state index is 0.0897. The van der Waals surface area contributed by atoms with E-state index in [9.17, 15) is 9.18 Å². The second-order valence-corrected chi connectivity index (χ2v) is 9.69. The quantitative estimate of drug-likeness (QED) is 0.313. The highest BCUT2D eigenvalue weighted by molar-refractivity contribution is 7.15. The van der Waals surface area contributed by atoms with Gasteiger partial charge in [0, 0.05) is 5.56 Å². The molecule has 0 bridgehead atoms. The van der Waals surface area contributed by atoms with Crippen molar-refractivity contribution in [3.63, 3.8) is 0 Å². The largest absolute Gasteiger partial charge is 0.488 e. The van der Waals surface area contributed by atoms with Gasteiger partial charge in [0.25, 0.3) is 5.56 Å². The van der Waals surface area contributed by atoms with Gasteiger partial charge in [-0.1, -0.05) is 53.8 Å². The molecular formula is C29H21FN2O2S. The molecule has 2 aromatic heterocycles. The van der Waals surface area contributed by atoms with Crippen molar-refractivity contribution in [1.82, 2.24) is 9.38 Å². The van der Waals surface area contributed by atoms with Gasteiger partial charge in [-0.25, -0.2) is 13.8 Å². The summed E-state index contributed by atoms with van der Waals surface area (Å²) < 4.78 is 21.7. The van der Waals surface area contributed by atoms with Gasteiger partial charge in [-0.2, -0.15) is 0 Å². The fraction of sp³-hybridized carbons (Fsp3) is 0.103. The van der Waals surface area contributed by atoms with E-state index >= 15 is 0 Å². The lowest BCUT2D eigenvalue weighted by atomic mass is 10.0. The molecule has 0 aliphatic heterocycles. The number of ether oxygens (including phenoxy) is 1. The van der Waals surface area contributed by atoms with E-state index in [1.165, 1.54) is 23.5 Å². The van der Waals surface area contributed by atoms with Crippen LogP contribution in [0.3, 0.4) is 0 Å². The van der Waals surface area contributed by atoms with Crippen LogP contribution in [0.1, 0.15) is 22.3 Å². The molecule has 0 saturated heterocycles. The van der Waals surface area contributed by atoms with Gasteiger partial charge in [0.05, 0.1) is 15.6 Å². The van der Waals surface area contributed by atoms with E-state index in [-0.39, 0.29) is 11.4 Å². The van der Waals surface area contributed by atoms with Crippen LogP contribution in [0.5, 0.6) is 5.75 Å². The third kappa shape index (κ3) is 3.76. The highest BCUT2D eigenvalue weighted by atomic mass is 32.1. The van der Waals surface area contributed by atoms with Crippen molar-refractivity contribution in [3.8, 4) is 5.75 Å². The van der Waals surface area contributed by atoms with Crippen LogP contribution < -0.4 is 14.8 Å². The summed E-state index contributed by atoms with van der Waals surface area (Å²) in [7, 11) is 0. The van der Waals surface area contributed by atoms with E-state index in [0.717, 1.165) is 44.1 Å². The highest BCUT2D eigenvalue weighted by Crippen LogP contribution is 2.30. The maximum absolute atomic E-state index is 13.5. The van der Waals surface area contributed by atoms with Crippen LogP contribution >= 0.6 is 11.3 Å². The van der Waals surface area contributed by atoms with Crippen molar-refractivity contribution in [1.29, 1.82) is 0 Å². The van der Waals surface area contributed by atoms with Gasteiger partial charge in [-0.05, 0) is 77.7 Å². The molecule has 6 heteroatoms. The Morgan fingerprint density at radius 1 is 1.00 bits per heavy atom. The average Bonchev–Trinajstić information content (AvgIpc) is 3.35. The molecule has 0 amide bonds. The van der Waals surface area contributed by atoms with Crippen LogP contribution in [0.2, 0.25) is 0 Å². The van der Waals surface area contributed by atoms with Gasteiger partial charge in [-0.15, -0.1) is 0 Å². The SMILES string of the molecule is Cc1cc2nc3s/c(=C\c4c(OCc5ccc(F)cc5)ccc5ccccc45)c(=O)n3c2cc1C. The van der Waals surface area contributed by atoms with Crippen molar-refractivity contribution >= 4 is 44.2 Å². The number of fused-ring (bicyclic) bond motifs is 4. The Kier molecular flexibility index (Phi) is 5.11. The van der Waals surface area contributed by atoms with Crippen molar-refractivity contribution in [2.45, 2.75) is 20.5 Å². The smallest absolute Gasteiger partial charge is 0.274 e. The average molecular weight is 481 g/mol. The molecule has 0 fully saturated rings. The van der Waals surface area contributed by atoms with E-state index in [0.29, 0.717) is 21.8 Å². The third-order valence-corrected chi connectivity index (χ3v) is 7.34. The molecule has 35 heavy (non-hydrogen) atoms. The van der Waals surface area contributed by atoms with Crippen LogP contribution in [-0.2, 0) is 6.61 Å². The first-order valence-electron chi connectivity index (χ1n) is 11.3. The van der Waals surface area contributed by atoms with Gasteiger partial charge in [0.2, 0.25) is 0 Å². The van der Waals surface area contributed by atoms with Crippen molar-refractivity contribution in [2.24, 2.45) is 0 Å². The fourth-order valence-corrected chi connectivity index (χ4v) is 5.31. The topological polar surface area (TPSA) is 43.6 Å². The fourth-order valence-electron chi connectivity index (χ4n) is 4.34. The summed E-state index contributed by atoms with van der Waals surface area (Å²) >= 11 is 1.38. The number of aromatic nitrogens is 2. The number of rotatable bonds is 4. The lowest BCUT2D eigenvalue weighted by molar-refractivity contribution is 0.306. The predicted molar refractivity (Wildman–Crippen MR) is 140 cm³/mol. The van der Waals surface area contributed by atoms with Crippen molar-refractivity contribution in [3.05, 3.63) is 116 Å². The Morgan fingerprint density at radius 2 is 1.77 bits per heavy atom. The summed E-state index contributed by atoms with van der Waals surface area (Å²) in [5.74, 6) is 0.381. The molecule has 2 heterocycles. The third-order valence-electron chi connectivity index (χ3n) is 6.37. The van der Waals surface area contributed by atoms with Crippen LogP contribution in [0.4, 0.5) is 4.39 Å². The molecule has 6 rings (SSSR count). The maximum atomic E-state index is 13.5. The number of imidazole rings is 1. The summed E-state index contributed by atoms with van der Waals surface area (Å²) in [5.41, 5.74) is 5.55. The Labute approximate surface area is 204 Å². The highest BCUT2D eigenvalue weighted by Gasteiger charge is 2.14. The first kappa shape index (κ1) is 21.5. The molecule has 4 aromatic carbocycles. The number of benzene rings is 4. The lowest BCUT2D eigenvalue weighted by Crippen LogP contribution is -2.22. The summed E-state index contributed by atoms with van der Waals surface area (Å²) in [6, 6.07) is 22.3. The number of hydrogen-bond donors (Lipinski definition) is 0. The van der Waals surface area contributed by atoms with Crippen LogP contribution in [0.15, 0.2) is 77.6 Å². The van der Waals surface area contributed by atoms with Gasteiger partial charge in [-0.3, -0.25) is 4.79 Å². The molecule has 0 unspecified atom stereocenters. The Balaban J connectivity index is 1.51. The van der Waals surface area contributed by atoms with Gasteiger partial charge < -0.3 is 4.74 Å². The van der Waals surface area contributed by atoms with E-state index in [1.807, 2.05) is 68.5 Å². The van der Waals surface area contributed by atoms with Crippen LogP contribution in [0.25, 0.3) is 32.8 Å². The van der Waals surface area contributed by atoms with Crippen molar-refractivity contribution < 1.29 is 9.13 Å². The normalized spacial score (nSPS) is 12.3. The number of hydrogen-bond acceptors (Lipinski definition) is 4. The standard InChI is InChI=1S/C29H21FN2O2S/c1-17-13-24-25(14-18(17)2)32-28(33)27(35-29(32)31-24)15-23-22-6-4-3-5-20(22)9-12-26(23)34-16-19-7-10-21(30)11-8-19/h3-15H,16H2,1-2H3/b27-15-. The zero-order valence-corrected chi connectivity index (χ0v) is 20.0. The Morgan fingerprint density at radius 3 is 2.60 bits per heavy atom. The molecule has 6 aromatic rings. The molecule has 0 N–H and O–H groups in total. The molecule has 0 aliphatic rings. The molecule has 0 spiro atoms. The summed E-state index contributed by atoms with van der Waals surface area (Å²) in [6.07, 6.45) is 1.90. The molecule has 0 aliphatic carbocycles. The molecule has 172 valence electrons. The minimum atomic E-state index is -0.281. The van der Waals surface area contributed by atoms with E-state index in [4.69, 9.17) is 9.72 Å². The number of halogens is 1. The van der Waals surface area contributed by atoms with Crippen molar-refractivity contribution in [2.75, 3.05) is 0 Å². The number of aryl methyl sites for hydroxylation is 2. The van der Waals surface area contributed by atoms with E-state index in [1.54, 1.807) is 16.5 Å². The van der Waals surface area contributed by atoms with Crippen LogP contribution in [-0.4, -0.2) is 9.38 Å². The van der Waals surface area contributed by atoms with Gasteiger partial charge >= 0.3 is 0 Å². The van der Waals surface area contributed by atoms with Gasteiger partial charge in [0.15, 0.2) is 4.96 Å². The zero-order valence-electron chi connectivity index (χ0n) is 19.2. The lowest BCUT2D eigenvalue weighted by Gasteiger charge is -2.12. The molecule has 4 nitrogen and oxygen atoms in total. The van der Waals surface area contributed by atoms with E-state index in [2.05, 4.69) is 0 Å². The molecule has 0 saturated carbocycles. The number of nitrogens with zero attached hydrogens (tertiary/aromatic N) is 2. The van der Waals surface area contributed by atoms with Crippen LogP contribution in [0, 0.1) is 19.7 Å². The summed E-state index contributed by atoms with van der Waals surface area (Å²) in [6.45, 7) is 4.38. The second-order valence-electron chi connectivity index (χ2n) is 8.68. The second kappa shape index (κ2) is 8.32. The maximum Gasteiger partial charge on any atom is 0.274 e. The zero-order chi connectivity index (χ0) is 24.1. The number of thiazole rings is 1. The first-order valence-corrected chi connectivity index (χ1v) is 12.1. The molecule has 0 atom stereocenters. The molecule has 0 radical (unpaired) electrons. The van der Waals surface area contributed by atoms with Gasteiger partial charge in [0.1, 0.15) is 18.2 Å². The summed E-state index contributed by atoms with van der Waals surface area (Å²) in [5, 5.41) is 2.05.